The number of non-ortho nitro benzene ring substituents is 1. The summed E-state index contributed by atoms with van der Waals surface area (Å²) in [6.45, 7) is 1.97. The maximum Gasteiger partial charge on any atom is 0.338 e. The molecule has 1 amide bonds. The maximum absolute atomic E-state index is 12.5. The zero-order valence-corrected chi connectivity index (χ0v) is 19.3. The SMILES string of the molecule is CCCCCOC(=O)c1ccc(N2C[C@@H](C(=O)OCC(=O)c3ccc([N+](=O)[O-])cc3)CC2=O)cc1. The largest absolute Gasteiger partial charge is 0.462 e. The van der Waals surface area contributed by atoms with E-state index in [9.17, 15) is 29.3 Å². The van der Waals surface area contributed by atoms with E-state index in [0.29, 0.717) is 17.9 Å². The van der Waals surface area contributed by atoms with E-state index in [2.05, 4.69) is 6.92 Å². The minimum absolute atomic E-state index is 0.0637. The van der Waals surface area contributed by atoms with Crippen LogP contribution < -0.4 is 4.90 Å². The summed E-state index contributed by atoms with van der Waals surface area (Å²) in [7, 11) is 0. The van der Waals surface area contributed by atoms with Crippen LogP contribution in [-0.4, -0.2) is 48.3 Å². The molecule has 0 saturated carbocycles. The van der Waals surface area contributed by atoms with E-state index in [-0.39, 0.29) is 30.1 Å². The first-order valence-electron chi connectivity index (χ1n) is 11.3. The molecule has 1 aliphatic heterocycles. The number of hydrogen-bond donors (Lipinski definition) is 0. The topological polar surface area (TPSA) is 133 Å². The summed E-state index contributed by atoms with van der Waals surface area (Å²) in [5.41, 5.74) is 0.934. The molecule has 10 heteroatoms. The zero-order valence-electron chi connectivity index (χ0n) is 19.3. The molecule has 2 aromatic rings. The van der Waals surface area contributed by atoms with E-state index in [1.165, 1.54) is 29.2 Å². The number of anilines is 1. The van der Waals surface area contributed by atoms with Crippen LogP contribution in [0.1, 0.15) is 53.3 Å². The number of unbranched alkanes of at least 4 members (excludes halogenated alkanes) is 2. The summed E-state index contributed by atoms with van der Waals surface area (Å²) in [5.74, 6) is -2.63. The second kappa shape index (κ2) is 11.9. The van der Waals surface area contributed by atoms with Gasteiger partial charge >= 0.3 is 11.9 Å². The van der Waals surface area contributed by atoms with Crippen LogP contribution in [0.15, 0.2) is 48.5 Å². The first-order chi connectivity index (χ1) is 16.8. The molecule has 10 nitrogen and oxygen atoms in total. The Hall–Kier alpha value is -4.08. The maximum atomic E-state index is 12.5. The Balaban J connectivity index is 1.51. The molecule has 1 heterocycles. The molecule has 3 rings (SSSR count). The zero-order chi connectivity index (χ0) is 25.4. The van der Waals surface area contributed by atoms with Crippen molar-refractivity contribution in [1.29, 1.82) is 0 Å². The van der Waals surface area contributed by atoms with E-state index in [4.69, 9.17) is 9.47 Å². The molecular formula is C25H26N2O8. The number of amides is 1. The van der Waals surface area contributed by atoms with Gasteiger partial charge in [-0.15, -0.1) is 0 Å². The molecule has 0 unspecified atom stereocenters. The molecular weight excluding hydrogens is 456 g/mol. The van der Waals surface area contributed by atoms with Crippen molar-refractivity contribution in [2.45, 2.75) is 32.6 Å². The molecule has 1 atom stereocenters. The van der Waals surface area contributed by atoms with Gasteiger partial charge in [-0.2, -0.15) is 0 Å². The molecule has 0 bridgehead atoms. The highest BCUT2D eigenvalue weighted by Gasteiger charge is 2.36. The normalized spacial score (nSPS) is 15.1. The third kappa shape index (κ3) is 6.72. The average molecular weight is 482 g/mol. The lowest BCUT2D eigenvalue weighted by molar-refractivity contribution is -0.384. The second-order valence-electron chi connectivity index (χ2n) is 8.13. The first kappa shape index (κ1) is 25.5. The highest BCUT2D eigenvalue weighted by Crippen LogP contribution is 2.26. The third-order valence-corrected chi connectivity index (χ3v) is 5.60. The van der Waals surface area contributed by atoms with Crippen LogP contribution in [0.2, 0.25) is 0 Å². The number of nitrogens with zero attached hydrogens (tertiary/aromatic N) is 2. The predicted octanol–water partition coefficient (Wildman–Crippen LogP) is 3.72. The van der Waals surface area contributed by atoms with Crippen molar-refractivity contribution in [3.63, 3.8) is 0 Å². The molecule has 0 spiro atoms. The lowest BCUT2D eigenvalue weighted by atomic mass is 10.1. The van der Waals surface area contributed by atoms with Crippen molar-refractivity contribution in [1.82, 2.24) is 0 Å². The summed E-state index contributed by atoms with van der Waals surface area (Å²) in [5, 5.41) is 10.7. The Morgan fingerprint density at radius 2 is 1.66 bits per heavy atom. The van der Waals surface area contributed by atoms with Crippen molar-refractivity contribution in [2.24, 2.45) is 5.92 Å². The van der Waals surface area contributed by atoms with Crippen molar-refractivity contribution in [3.05, 3.63) is 69.8 Å². The predicted molar refractivity (Wildman–Crippen MR) is 125 cm³/mol. The molecule has 184 valence electrons. The average Bonchev–Trinajstić information content (AvgIpc) is 3.26. The Bertz CT molecular complexity index is 1100. The van der Waals surface area contributed by atoms with Crippen LogP contribution >= 0.6 is 0 Å². The van der Waals surface area contributed by atoms with Gasteiger partial charge in [0, 0.05) is 36.3 Å². The Labute approximate surface area is 202 Å². The van der Waals surface area contributed by atoms with Gasteiger partial charge in [0.2, 0.25) is 5.91 Å². The number of ether oxygens (including phenoxy) is 2. The number of carbonyl (C=O) groups excluding carboxylic acids is 4. The fourth-order valence-electron chi connectivity index (χ4n) is 3.60. The lowest BCUT2D eigenvalue weighted by Crippen LogP contribution is -2.27. The van der Waals surface area contributed by atoms with Crippen LogP contribution in [0.4, 0.5) is 11.4 Å². The molecule has 0 aliphatic carbocycles. The number of ketones is 1. The number of benzene rings is 2. The van der Waals surface area contributed by atoms with Crippen molar-refractivity contribution in [2.75, 3.05) is 24.7 Å². The van der Waals surface area contributed by atoms with Crippen LogP contribution in [-0.2, 0) is 19.1 Å². The van der Waals surface area contributed by atoms with Gasteiger partial charge in [-0.25, -0.2) is 4.79 Å². The number of nitro groups is 1. The monoisotopic (exact) mass is 482 g/mol. The number of hydrogen-bond acceptors (Lipinski definition) is 8. The van der Waals surface area contributed by atoms with Gasteiger partial charge in [0.15, 0.2) is 12.4 Å². The number of rotatable bonds is 11. The van der Waals surface area contributed by atoms with Crippen molar-refractivity contribution in [3.8, 4) is 0 Å². The molecule has 1 saturated heterocycles. The van der Waals surface area contributed by atoms with Gasteiger partial charge < -0.3 is 14.4 Å². The van der Waals surface area contributed by atoms with Gasteiger partial charge in [-0.1, -0.05) is 19.8 Å². The number of Topliss-reactive ketones (excluding diaryl/α,β-unsaturated/α-hetero) is 1. The molecule has 0 radical (unpaired) electrons. The minimum atomic E-state index is -0.740. The van der Waals surface area contributed by atoms with Crippen molar-refractivity contribution < 1.29 is 33.6 Å². The Morgan fingerprint density at radius 3 is 2.29 bits per heavy atom. The summed E-state index contributed by atoms with van der Waals surface area (Å²) >= 11 is 0. The molecule has 35 heavy (non-hydrogen) atoms. The molecule has 2 aromatic carbocycles. The Kier molecular flexibility index (Phi) is 8.66. The quantitative estimate of drug-likeness (QED) is 0.156. The fraction of sp³-hybridized carbons (Fsp3) is 0.360. The van der Waals surface area contributed by atoms with Gasteiger partial charge in [-0.05, 0) is 42.8 Å². The Morgan fingerprint density at radius 1 is 1.00 bits per heavy atom. The van der Waals surface area contributed by atoms with E-state index < -0.39 is 35.2 Å². The summed E-state index contributed by atoms with van der Waals surface area (Å²) in [6.07, 6.45) is 2.75. The first-order valence-corrected chi connectivity index (χ1v) is 11.3. The van der Waals surface area contributed by atoms with Crippen LogP contribution in [0.3, 0.4) is 0 Å². The summed E-state index contributed by atoms with van der Waals surface area (Å²) in [4.78, 5) is 60.8. The van der Waals surface area contributed by atoms with Gasteiger partial charge in [0.05, 0.1) is 23.0 Å². The van der Waals surface area contributed by atoms with Gasteiger partial charge in [-0.3, -0.25) is 24.5 Å². The van der Waals surface area contributed by atoms with Crippen molar-refractivity contribution >= 4 is 35.0 Å². The molecule has 1 aliphatic rings. The molecule has 0 aromatic heterocycles. The molecule has 1 fully saturated rings. The van der Waals surface area contributed by atoms with E-state index in [0.717, 1.165) is 19.3 Å². The molecule has 0 N–H and O–H groups in total. The third-order valence-electron chi connectivity index (χ3n) is 5.60. The van der Waals surface area contributed by atoms with Crippen LogP contribution in [0.25, 0.3) is 0 Å². The smallest absolute Gasteiger partial charge is 0.338 e. The van der Waals surface area contributed by atoms with Gasteiger partial charge in [0.25, 0.3) is 5.69 Å². The summed E-state index contributed by atoms with van der Waals surface area (Å²) < 4.78 is 10.3. The second-order valence-corrected chi connectivity index (χ2v) is 8.13. The standard InChI is InChI=1S/C25H26N2O8/c1-2-3-4-13-34-24(30)18-7-9-20(10-8-18)26-15-19(14-23(26)29)25(31)35-16-22(28)17-5-11-21(12-6-17)27(32)33/h5-12,19H,2-4,13-16H2,1H3/t19-/m0/s1. The summed E-state index contributed by atoms with van der Waals surface area (Å²) in [6, 6.07) is 11.3. The highest BCUT2D eigenvalue weighted by molar-refractivity contribution is 6.01. The highest BCUT2D eigenvalue weighted by atomic mass is 16.6. The number of nitro benzene ring substituents is 1. The van der Waals surface area contributed by atoms with E-state index >= 15 is 0 Å². The van der Waals surface area contributed by atoms with E-state index in [1.807, 2.05) is 0 Å². The number of carbonyl (C=O) groups is 4. The lowest BCUT2D eigenvalue weighted by Gasteiger charge is -2.17. The van der Waals surface area contributed by atoms with E-state index in [1.54, 1.807) is 24.3 Å². The van der Waals surface area contributed by atoms with Crippen LogP contribution in [0, 0.1) is 16.0 Å². The number of esters is 2. The van der Waals surface area contributed by atoms with Crippen LogP contribution in [0.5, 0.6) is 0 Å². The fourth-order valence-corrected chi connectivity index (χ4v) is 3.60. The van der Waals surface area contributed by atoms with Gasteiger partial charge in [0.1, 0.15) is 0 Å². The minimum Gasteiger partial charge on any atom is -0.462 e.